The third kappa shape index (κ3) is 5.78. The van der Waals surface area contributed by atoms with Crippen LogP contribution in [0.15, 0.2) is 0 Å². The van der Waals surface area contributed by atoms with Gasteiger partial charge in [-0.2, -0.15) is 0 Å². The summed E-state index contributed by atoms with van der Waals surface area (Å²) in [5.74, 6) is -2.61. The van der Waals surface area contributed by atoms with Gasteiger partial charge in [-0.1, -0.05) is 35.1 Å². The van der Waals surface area contributed by atoms with Gasteiger partial charge in [0.15, 0.2) is 0 Å². The van der Waals surface area contributed by atoms with Gasteiger partial charge in [-0.3, -0.25) is 4.39 Å². The first kappa shape index (κ1) is 23.0. The molecule has 1 heterocycles. The quantitative estimate of drug-likeness (QED) is 0.833. The van der Waals surface area contributed by atoms with E-state index in [2.05, 4.69) is 13.8 Å². The highest BCUT2D eigenvalue weighted by Crippen LogP contribution is 2.60. The topological polar surface area (TPSA) is 23.5 Å². The second-order valence-corrected chi connectivity index (χ2v) is 5.90. The Hall–Kier alpha value is -0.290. The fourth-order valence-corrected chi connectivity index (χ4v) is 2.50. The Morgan fingerprint density at radius 1 is 1.14 bits per heavy atom. The third-order valence-corrected chi connectivity index (χ3v) is 3.97. The second kappa shape index (κ2) is 9.67. The molecule has 0 amide bonds. The van der Waals surface area contributed by atoms with Crippen molar-refractivity contribution in [2.45, 2.75) is 60.3 Å². The predicted molar refractivity (Wildman–Crippen MR) is 83.6 cm³/mol. The summed E-state index contributed by atoms with van der Waals surface area (Å²) < 4.78 is 38.6. The van der Waals surface area contributed by atoms with E-state index in [-0.39, 0.29) is 40.4 Å². The SMILES string of the molecule is C.C.CCC.OCC1(CN2CCC(CF)CC2)CC1(F)F. The summed E-state index contributed by atoms with van der Waals surface area (Å²) in [4.78, 5) is 1.93. The number of alkyl halides is 3. The van der Waals surface area contributed by atoms with Crippen LogP contribution in [0.2, 0.25) is 0 Å². The molecule has 1 unspecified atom stereocenters. The van der Waals surface area contributed by atoms with Gasteiger partial charge in [-0.05, 0) is 31.8 Å². The molecule has 0 aromatic carbocycles. The van der Waals surface area contributed by atoms with E-state index < -0.39 is 17.9 Å². The minimum atomic E-state index is -2.71. The second-order valence-electron chi connectivity index (χ2n) is 5.90. The Bertz CT molecular complexity index is 268. The molecule has 1 N–H and O–H groups in total. The minimum absolute atomic E-state index is 0. The molecule has 2 fully saturated rings. The van der Waals surface area contributed by atoms with Crippen molar-refractivity contribution in [2.75, 3.05) is 32.9 Å². The van der Waals surface area contributed by atoms with Crippen molar-refractivity contribution in [3.8, 4) is 0 Å². The maximum absolute atomic E-state index is 13.1. The van der Waals surface area contributed by atoms with Gasteiger partial charge in [-0.15, -0.1) is 0 Å². The molecule has 1 atom stereocenters. The first-order valence-electron chi connectivity index (χ1n) is 7.21. The number of halogens is 3. The first-order valence-corrected chi connectivity index (χ1v) is 7.21. The van der Waals surface area contributed by atoms with Crippen molar-refractivity contribution in [3.63, 3.8) is 0 Å². The summed E-state index contributed by atoms with van der Waals surface area (Å²) in [5.41, 5.74) is -1.21. The van der Waals surface area contributed by atoms with Crippen LogP contribution in [0.1, 0.15) is 54.4 Å². The van der Waals surface area contributed by atoms with Crippen molar-refractivity contribution in [1.29, 1.82) is 0 Å². The molecule has 5 heteroatoms. The van der Waals surface area contributed by atoms with Crippen molar-refractivity contribution in [1.82, 2.24) is 4.90 Å². The largest absolute Gasteiger partial charge is 0.396 e. The lowest BCUT2D eigenvalue weighted by Crippen LogP contribution is -2.40. The summed E-state index contributed by atoms with van der Waals surface area (Å²) in [6, 6.07) is 0. The van der Waals surface area contributed by atoms with Crippen LogP contribution in [-0.4, -0.2) is 48.8 Å². The predicted octanol–water partition coefficient (Wildman–Crippen LogP) is 4.37. The smallest absolute Gasteiger partial charge is 0.258 e. The summed E-state index contributed by atoms with van der Waals surface area (Å²) in [6.07, 6.45) is 2.52. The van der Waals surface area contributed by atoms with Gasteiger partial charge in [0.2, 0.25) is 0 Å². The molecule has 2 aliphatic rings. The van der Waals surface area contributed by atoms with Crippen LogP contribution >= 0.6 is 0 Å². The molecule has 21 heavy (non-hydrogen) atoms. The number of aliphatic hydroxyl groups excluding tert-OH is 1. The zero-order valence-electron chi connectivity index (χ0n) is 12.0. The molecule has 2 rings (SSSR count). The van der Waals surface area contributed by atoms with Crippen LogP contribution in [0.3, 0.4) is 0 Å². The fourth-order valence-electron chi connectivity index (χ4n) is 2.50. The number of aliphatic hydroxyl groups is 1. The average Bonchev–Trinajstić information content (AvgIpc) is 2.93. The summed E-state index contributed by atoms with van der Waals surface area (Å²) in [5, 5.41) is 9.05. The molecular formula is C16H34F3NO. The number of hydrogen-bond acceptors (Lipinski definition) is 2. The lowest BCUT2D eigenvalue weighted by molar-refractivity contribution is 0.0118. The van der Waals surface area contributed by atoms with E-state index in [1.807, 2.05) is 4.90 Å². The molecule has 0 aromatic rings. The minimum Gasteiger partial charge on any atom is -0.396 e. The normalized spacial score (nSPS) is 27.7. The van der Waals surface area contributed by atoms with Crippen molar-refractivity contribution >= 4 is 0 Å². The Labute approximate surface area is 128 Å². The van der Waals surface area contributed by atoms with Gasteiger partial charge in [0.05, 0.1) is 18.7 Å². The zero-order valence-corrected chi connectivity index (χ0v) is 12.0. The summed E-state index contributed by atoms with van der Waals surface area (Å²) >= 11 is 0. The number of rotatable bonds is 4. The van der Waals surface area contributed by atoms with Crippen LogP contribution in [-0.2, 0) is 0 Å². The molecule has 1 saturated carbocycles. The Morgan fingerprint density at radius 3 is 1.86 bits per heavy atom. The van der Waals surface area contributed by atoms with Crippen molar-refractivity contribution < 1.29 is 18.3 Å². The van der Waals surface area contributed by atoms with E-state index in [1.54, 1.807) is 0 Å². The number of piperidine rings is 1. The molecule has 130 valence electrons. The maximum atomic E-state index is 13.1. The van der Waals surface area contributed by atoms with Crippen LogP contribution in [0, 0.1) is 11.3 Å². The van der Waals surface area contributed by atoms with Crippen LogP contribution in [0.25, 0.3) is 0 Å². The Balaban J connectivity index is 0. The molecule has 0 spiro atoms. The van der Waals surface area contributed by atoms with Gasteiger partial charge in [0.1, 0.15) is 0 Å². The molecule has 1 aliphatic heterocycles. The van der Waals surface area contributed by atoms with Crippen LogP contribution < -0.4 is 0 Å². The van der Waals surface area contributed by atoms with E-state index in [1.165, 1.54) is 6.42 Å². The number of nitrogens with zero attached hydrogens (tertiary/aromatic N) is 1. The van der Waals surface area contributed by atoms with Gasteiger partial charge < -0.3 is 10.0 Å². The van der Waals surface area contributed by atoms with Gasteiger partial charge in [0, 0.05) is 13.0 Å². The summed E-state index contributed by atoms with van der Waals surface area (Å²) in [7, 11) is 0. The van der Waals surface area contributed by atoms with Gasteiger partial charge in [-0.25, -0.2) is 8.78 Å². The molecule has 0 bridgehead atoms. The molecular weight excluding hydrogens is 279 g/mol. The lowest BCUT2D eigenvalue weighted by atomic mass is 9.96. The van der Waals surface area contributed by atoms with E-state index >= 15 is 0 Å². The maximum Gasteiger partial charge on any atom is 0.258 e. The van der Waals surface area contributed by atoms with E-state index in [9.17, 15) is 13.2 Å². The fraction of sp³-hybridized carbons (Fsp3) is 1.00. The third-order valence-electron chi connectivity index (χ3n) is 3.97. The molecule has 0 aromatic heterocycles. The standard InChI is InChI=1S/C11H18F3NO.C3H8.2CH4/c12-5-9-1-3-15(4-2-9)7-10(8-16)6-11(10,13)14;1-3-2;;/h9,16H,1-8H2;3H2,1-2H3;2*1H4. The van der Waals surface area contributed by atoms with E-state index in [0.29, 0.717) is 13.1 Å². The highest BCUT2D eigenvalue weighted by Gasteiger charge is 2.70. The molecule has 2 nitrogen and oxygen atoms in total. The monoisotopic (exact) mass is 313 g/mol. The Morgan fingerprint density at radius 2 is 1.57 bits per heavy atom. The molecule has 1 saturated heterocycles. The highest BCUT2D eigenvalue weighted by molar-refractivity contribution is 5.11. The zero-order chi connectivity index (χ0) is 14.5. The van der Waals surface area contributed by atoms with Crippen LogP contribution in [0.4, 0.5) is 13.2 Å². The molecule has 0 radical (unpaired) electrons. The molecule has 1 aliphatic carbocycles. The average molecular weight is 313 g/mol. The van der Waals surface area contributed by atoms with Gasteiger partial charge >= 0.3 is 0 Å². The summed E-state index contributed by atoms with van der Waals surface area (Å²) in [6.45, 7) is 5.08. The van der Waals surface area contributed by atoms with E-state index in [4.69, 9.17) is 5.11 Å². The highest BCUT2D eigenvalue weighted by atomic mass is 19.3. The number of hydrogen-bond donors (Lipinski definition) is 1. The first-order chi connectivity index (χ1) is 8.94. The Kier molecular flexibility index (Phi) is 10.6. The van der Waals surface area contributed by atoms with E-state index in [0.717, 1.165) is 12.8 Å². The van der Waals surface area contributed by atoms with Crippen molar-refractivity contribution in [2.24, 2.45) is 11.3 Å². The lowest BCUT2D eigenvalue weighted by Gasteiger charge is -2.33. The number of likely N-dealkylation sites (tertiary alicyclic amines) is 1. The van der Waals surface area contributed by atoms with Crippen LogP contribution in [0.5, 0.6) is 0 Å². The van der Waals surface area contributed by atoms with Gasteiger partial charge in [0.25, 0.3) is 5.92 Å². The van der Waals surface area contributed by atoms with Crippen molar-refractivity contribution in [3.05, 3.63) is 0 Å².